The predicted molar refractivity (Wildman–Crippen MR) is 91.3 cm³/mol. The van der Waals surface area contributed by atoms with Gasteiger partial charge < -0.3 is 14.6 Å². The molecule has 1 unspecified atom stereocenters. The van der Waals surface area contributed by atoms with Crippen molar-refractivity contribution in [2.24, 2.45) is 0 Å². The largest absolute Gasteiger partial charge is 0.375 e. The molecule has 1 saturated heterocycles. The minimum atomic E-state index is -0.0318. The maximum absolute atomic E-state index is 12.1. The van der Waals surface area contributed by atoms with Gasteiger partial charge in [0, 0.05) is 45.1 Å². The highest BCUT2D eigenvalue weighted by Crippen LogP contribution is 2.12. The molecule has 1 atom stereocenters. The smallest absolute Gasteiger partial charge is 0.222 e. The maximum Gasteiger partial charge on any atom is 0.222 e. The summed E-state index contributed by atoms with van der Waals surface area (Å²) in [6.07, 6.45) is 5.75. The molecule has 0 aliphatic carbocycles. The number of nitrogens with one attached hydrogen (secondary N) is 1. The van der Waals surface area contributed by atoms with Crippen LogP contribution in [0, 0.1) is 0 Å². The number of hydrogen-bond acceptors (Lipinski definition) is 4. The van der Waals surface area contributed by atoms with E-state index in [0.717, 1.165) is 26.2 Å². The highest BCUT2D eigenvalue weighted by molar-refractivity contribution is 5.76. The summed E-state index contributed by atoms with van der Waals surface area (Å²) >= 11 is 0. The minimum Gasteiger partial charge on any atom is -0.375 e. The van der Waals surface area contributed by atoms with Gasteiger partial charge in [-0.2, -0.15) is 0 Å². The fourth-order valence-electron chi connectivity index (χ4n) is 2.91. The number of nitrogens with zero attached hydrogens (tertiary/aromatic N) is 3. The number of carbonyl (C=O) groups excluding carboxylic acids is 1. The van der Waals surface area contributed by atoms with Gasteiger partial charge in [-0.25, -0.2) is 4.98 Å². The molecular weight excluding hydrogens is 304 g/mol. The van der Waals surface area contributed by atoms with Gasteiger partial charge in [-0.1, -0.05) is 30.3 Å². The van der Waals surface area contributed by atoms with E-state index in [-0.39, 0.29) is 12.0 Å². The molecule has 0 spiro atoms. The monoisotopic (exact) mass is 328 g/mol. The van der Waals surface area contributed by atoms with E-state index < -0.39 is 0 Å². The zero-order chi connectivity index (χ0) is 16.6. The van der Waals surface area contributed by atoms with Gasteiger partial charge in [-0.05, 0) is 5.56 Å². The van der Waals surface area contributed by atoms with Crippen LogP contribution in [0.5, 0.6) is 0 Å². The van der Waals surface area contributed by atoms with E-state index >= 15 is 0 Å². The summed E-state index contributed by atoms with van der Waals surface area (Å²) in [6.45, 7) is 4.63. The molecule has 1 aromatic carbocycles. The highest BCUT2D eigenvalue weighted by atomic mass is 16.5. The number of carbonyl (C=O) groups is 1. The molecule has 0 radical (unpaired) electrons. The van der Waals surface area contributed by atoms with Crippen molar-refractivity contribution in [3.05, 3.63) is 54.6 Å². The average Bonchev–Trinajstić information content (AvgIpc) is 3.09. The molecule has 1 amide bonds. The molecule has 0 saturated carbocycles. The van der Waals surface area contributed by atoms with E-state index in [9.17, 15) is 4.79 Å². The number of aromatic nitrogens is 2. The Labute approximate surface area is 142 Å². The number of ether oxygens (including phenoxy) is 1. The second-order valence-corrected chi connectivity index (χ2v) is 6.07. The number of amides is 1. The van der Waals surface area contributed by atoms with Crippen molar-refractivity contribution >= 4 is 5.91 Å². The highest BCUT2D eigenvalue weighted by Gasteiger charge is 2.22. The Kier molecular flexibility index (Phi) is 5.98. The molecule has 1 aliphatic heterocycles. The van der Waals surface area contributed by atoms with E-state index in [1.807, 2.05) is 16.8 Å². The molecule has 6 heteroatoms. The summed E-state index contributed by atoms with van der Waals surface area (Å²) in [4.78, 5) is 18.4. The first kappa shape index (κ1) is 16.7. The summed E-state index contributed by atoms with van der Waals surface area (Å²) in [5.41, 5.74) is 1.29. The van der Waals surface area contributed by atoms with E-state index in [1.54, 1.807) is 12.5 Å². The summed E-state index contributed by atoms with van der Waals surface area (Å²) in [7, 11) is 0. The SMILES string of the molecule is O=C(CC1CN(Cc2ccccc2)CCO1)NCCn1ccnc1. The van der Waals surface area contributed by atoms with Gasteiger partial charge in [-0.15, -0.1) is 0 Å². The van der Waals surface area contributed by atoms with Crippen molar-refractivity contribution in [3.8, 4) is 0 Å². The number of hydrogen-bond donors (Lipinski definition) is 1. The van der Waals surface area contributed by atoms with Crippen molar-refractivity contribution < 1.29 is 9.53 Å². The predicted octanol–water partition coefficient (Wildman–Crippen LogP) is 1.29. The number of morpholine rings is 1. The Morgan fingerprint density at radius 1 is 1.33 bits per heavy atom. The Bertz CT molecular complexity index is 615. The van der Waals surface area contributed by atoms with E-state index in [0.29, 0.717) is 19.6 Å². The van der Waals surface area contributed by atoms with Crippen LogP contribution < -0.4 is 5.32 Å². The summed E-state index contributed by atoms with van der Waals surface area (Å²) in [6, 6.07) is 10.4. The fourth-order valence-corrected chi connectivity index (χ4v) is 2.91. The fraction of sp³-hybridized carbons (Fsp3) is 0.444. The lowest BCUT2D eigenvalue weighted by molar-refractivity contribution is -0.126. The first-order valence-electron chi connectivity index (χ1n) is 8.40. The van der Waals surface area contributed by atoms with Crippen LogP contribution in [0.3, 0.4) is 0 Å². The van der Waals surface area contributed by atoms with Crippen LogP contribution in [0.25, 0.3) is 0 Å². The van der Waals surface area contributed by atoms with Crippen molar-refractivity contribution in [3.63, 3.8) is 0 Å². The van der Waals surface area contributed by atoms with Crippen LogP contribution in [-0.4, -0.2) is 52.7 Å². The van der Waals surface area contributed by atoms with Gasteiger partial charge in [0.2, 0.25) is 5.91 Å². The Balaban J connectivity index is 1.39. The average molecular weight is 328 g/mol. The molecule has 3 rings (SSSR count). The molecule has 24 heavy (non-hydrogen) atoms. The number of rotatable bonds is 7. The third kappa shape index (κ3) is 5.18. The summed E-state index contributed by atoms with van der Waals surface area (Å²) in [5.74, 6) is 0.0432. The number of benzene rings is 1. The van der Waals surface area contributed by atoms with Gasteiger partial charge in [0.05, 0.1) is 25.5 Å². The molecule has 1 aliphatic rings. The van der Waals surface area contributed by atoms with Crippen LogP contribution in [0.15, 0.2) is 49.1 Å². The van der Waals surface area contributed by atoms with Crippen LogP contribution in [0.2, 0.25) is 0 Å². The van der Waals surface area contributed by atoms with E-state index in [4.69, 9.17) is 4.74 Å². The van der Waals surface area contributed by atoms with E-state index in [1.165, 1.54) is 5.56 Å². The first-order chi connectivity index (χ1) is 11.8. The van der Waals surface area contributed by atoms with Crippen LogP contribution in [0.1, 0.15) is 12.0 Å². The summed E-state index contributed by atoms with van der Waals surface area (Å²) < 4.78 is 7.69. The van der Waals surface area contributed by atoms with Gasteiger partial charge in [0.1, 0.15) is 0 Å². The molecule has 0 bridgehead atoms. The van der Waals surface area contributed by atoms with Crippen LogP contribution in [-0.2, 0) is 22.6 Å². The normalized spacial score (nSPS) is 18.4. The van der Waals surface area contributed by atoms with Crippen molar-refractivity contribution in [1.82, 2.24) is 19.8 Å². The lowest BCUT2D eigenvalue weighted by Crippen LogP contribution is -2.44. The van der Waals surface area contributed by atoms with Gasteiger partial charge in [0.25, 0.3) is 0 Å². The molecule has 128 valence electrons. The molecule has 1 aromatic heterocycles. The van der Waals surface area contributed by atoms with Crippen molar-refractivity contribution in [1.29, 1.82) is 0 Å². The van der Waals surface area contributed by atoms with E-state index in [2.05, 4.69) is 39.5 Å². The molecule has 2 heterocycles. The molecule has 1 N–H and O–H groups in total. The molecule has 6 nitrogen and oxygen atoms in total. The van der Waals surface area contributed by atoms with Gasteiger partial charge in [0.15, 0.2) is 0 Å². The maximum atomic E-state index is 12.1. The first-order valence-corrected chi connectivity index (χ1v) is 8.40. The minimum absolute atomic E-state index is 0.0318. The quantitative estimate of drug-likeness (QED) is 0.832. The zero-order valence-electron chi connectivity index (χ0n) is 13.8. The molecular formula is C18H24N4O2. The lowest BCUT2D eigenvalue weighted by atomic mass is 10.1. The Hall–Kier alpha value is -2.18. The number of imidazole rings is 1. The summed E-state index contributed by atoms with van der Waals surface area (Å²) in [5, 5.41) is 2.95. The third-order valence-corrected chi connectivity index (χ3v) is 4.14. The Morgan fingerprint density at radius 2 is 2.21 bits per heavy atom. The molecule has 2 aromatic rings. The second-order valence-electron chi connectivity index (χ2n) is 6.07. The Morgan fingerprint density at radius 3 is 3.00 bits per heavy atom. The lowest BCUT2D eigenvalue weighted by Gasteiger charge is -2.32. The molecule has 1 fully saturated rings. The third-order valence-electron chi connectivity index (χ3n) is 4.14. The zero-order valence-corrected chi connectivity index (χ0v) is 13.8. The van der Waals surface area contributed by atoms with Gasteiger partial charge in [-0.3, -0.25) is 9.69 Å². The van der Waals surface area contributed by atoms with Crippen molar-refractivity contribution in [2.45, 2.75) is 25.6 Å². The second kappa shape index (κ2) is 8.61. The van der Waals surface area contributed by atoms with Crippen LogP contribution in [0.4, 0.5) is 0 Å². The topological polar surface area (TPSA) is 59.4 Å². The standard InChI is InChI=1S/C18H24N4O2/c23-18(20-7-9-21-8-6-19-15-21)12-17-14-22(10-11-24-17)13-16-4-2-1-3-5-16/h1-6,8,15,17H,7,9-14H2,(H,20,23). The van der Waals surface area contributed by atoms with Crippen molar-refractivity contribution in [2.75, 3.05) is 26.2 Å². The van der Waals surface area contributed by atoms with Crippen LogP contribution >= 0.6 is 0 Å². The van der Waals surface area contributed by atoms with Gasteiger partial charge >= 0.3 is 0 Å².